The third-order valence-electron chi connectivity index (χ3n) is 2.10. The maximum atomic E-state index is 11.0. The van der Waals surface area contributed by atoms with Crippen molar-refractivity contribution in [3.63, 3.8) is 0 Å². The van der Waals surface area contributed by atoms with Crippen molar-refractivity contribution >= 4 is 32.6 Å². The Morgan fingerprint density at radius 2 is 1.93 bits per heavy atom. The Balaban J connectivity index is 2.78. The maximum Gasteiger partial charge on any atom is 0.248 e. The first kappa shape index (κ1) is 9.21. The van der Waals surface area contributed by atoms with Crippen LogP contribution in [0.5, 0.6) is 0 Å². The van der Waals surface area contributed by atoms with Gasteiger partial charge in [-0.1, -0.05) is 40.2 Å². The van der Waals surface area contributed by atoms with Gasteiger partial charge in [0, 0.05) is 10.0 Å². The Hall–Kier alpha value is -1.35. The number of fused-ring (bicyclic) bond motifs is 1. The average Bonchev–Trinajstić information content (AvgIpc) is 2.17. The molecule has 2 rings (SSSR count). The molecule has 0 heterocycles. The van der Waals surface area contributed by atoms with Gasteiger partial charge in [-0.05, 0) is 22.9 Å². The largest absolute Gasteiger partial charge is 0.366 e. The molecule has 2 N–H and O–H groups in total. The van der Waals surface area contributed by atoms with Crippen LogP contribution in [0.15, 0.2) is 40.9 Å². The molecule has 0 saturated heterocycles. The van der Waals surface area contributed by atoms with Gasteiger partial charge < -0.3 is 5.73 Å². The highest BCUT2D eigenvalue weighted by molar-refractivity contribution is 9.10. The highest BCUT2D eigenvalue weighted by Crippen LogP contribution is 2.25. The van der Waals surface area contributed by atoms with E-state index in [-0.39, 0.29) is 0 Å². The molecular formula is C11H8BrNO. The van der Waals surface area contributed by atoms with Crippen LogP contribution in [-0.4, -0.2) is 5.91 Å². The molecule has 0 radical (unpaired) electrons. The lowest BCUT2D eigenvalue weighted by atomic mass is 10.1. The van der Waals surface area contributed by atoms with E-state index in [2.05, 4.69) is 15.9 Å². The van der Waals surface area contributed by atoms with Crippen LogP contribution in [0.4, 0.5) is 0 Å². The molecule has 2 aromatic carbocycles. The lowest BCUT2D eigenvalue weighted by molar-refractivity contribution is 0.100. The van der Waals surface area contributed by atoms with Gasteiger partial charge in [0.15, 0.2) is 0 Å². The lowest BCUT2D eigenvalue weighted by Gasteiger charge is -2.02. The molecule has 0 aromatic heterocycles. The molecule has 0 bridgehead atoms. The fourth-order valence-electron chi connectivity index (χ4n) is 1.41. The van der Waals surface area contributed by atoms with Gasteiger partial charge in [0.2, 0.25) is 5.91 Å². The Bertz CT molecular complexity index is 508. The van der Waals surface area contributed by atoms with E-state index >= 15 is 0 Å². The van der Waals surface area contributed by atoms with Crippen molar-refractivity contribution in [2.75, 3.05) is 0 Å². The molecule has 2 aromatic rings. The van der Waals surface area contributed by atoms with Gasteiger partial charge >= 0.3 is 0 Å². The molecule has 0 unspecified atom stereocenters. The Labute approximate surface area is 89.8 Å². The van der Waals surface area contributed by atoms with E-state index in [1.807, 2.05) is 24.3 Å². The minimum atomic E-state index is -0.406. The standard InChI is InChI=1S/C11H8BrNO/c12-10-6-8(11(13)14)5-7-3-1-2-4-9(7)10/h1-6H,(H2,13,14). The summed E-state index contributed by atoms with van der Waals surface area (Å²) in [5.74, 6) is -0.406. The number of carbonyl (C=O) groups excluding carboxylic acids is 1. The van der Waals surface area contributed by atoms with Crippen molar-refractivity contribution in [1.29, 1.82) is 0 Å². The highest BCUT2D eigenvalue weighted by atomic mass is 79.9. The number of halogens is 1. The van der Waals surface area contributed by atoms with Gasteiger partial charge in [-0.3, -0.25) is 4.79 Å². The number of hydrogen-bond acceptors (Lipinski definition) is 1. The second kappa shape index (κ2) is 3.42. The summed E-state index contributed by atoms with van der Waals surface area (Å²) in [6.07, 6.45) is 0. The van der Waals surface area contributed by atoms with Gasteiger partial charge in [0.25, 0.3) is 0 Å². The van der Waals surface area contributed by atoms with Crippen LogP contribution in [0.1, 0.15) is 10.4 Å². The minimum Gasteiger partial charge on any atom is -0.366 e. The minimum absolute atomic E-state index is 0.406. The van der Waals surface area contributed by atoms with Crippen LogP contribution in [0.3, 0.4) is 0 Å². The van der Waals surface area contributed by atoms with Gasteiger partial charge in [-0.2, -0.15) is 0 Å². The molecule has 0 fully saturated rings. The predicted molar refractivity (Wildman–Crippen MR) is 60.2 cm³/mol. The van der Waals surface area contributed by atoms with E-state index in [1.165, 1.54) is 0 Å². The molecule has 0 aliphatic heterocycles. The number of benzene rings is 2. The molecule has 70 valence electrons. The highest BCUT2D eigenvalue weighted by Gasteiger charge is 2.04. The molecule has 2 nitrogen and oxygen atoms in total. The van der Waals surface area contributed by atoms with Crippen molar-refractivity contribution in [1.82, 2.24) is 0 Å². The summed E-state index contributed by atoms with van der Waals surface area (Å²) >= 11 is 3.41. The van der Waals surface area contributed by atoms with E-state index in [4.69, 9.17) is 5.73 Å². The quantitative estimate of drug-likeness (QED) is 0.830. The number of carbonyl (C=O) groups is 1. The number of amides is 1. The summed E-state index contributed by atoms with van der Waals surface area (Å²) in [5, 5.41) is 2.09. The van der Waals surface area contributed by atoms with Crippen LogP contribution in [0, 0.1) is 0 Å². The van der Waals surface area contributed by atoms with Gasteiger partial charge in [0.1, 0.15) is 0 Å². The number of primary amides is 1. The van der Waals surface area contributed by atoms with E-state index in [1.54, 1.807) is 12.1 Å². The summed E-state index contributed by atoms with van der Waals surface area (Å²) in [5.41, 5.74) is 5.74. The van der Waals surface area contributed by atoms with Crippen molar-refractivity contribution in [3.05, 3.63) is 46.4 Å². The van der Waals surface area contributed by atoms with Crippen molar-refractivity contribution < 1.29 is 4.79 Å². The zero-order chi connectivity index (χ0) is 10.1. The number of nitrogens with two attached hydrogens (primary N) is 1. The van der Waals surface area contributed by atoms with Gasteiger partial charge in [0.05, 0.1) is 0 Å². The molecule has 0 atom stereocenters. The smallest absolute Gasteiger partial charge is 0.248 e. The first-order valence-electron chi connectivity index (χ1n) is 4.16. The monoisotopic (exact) mass is 249 g/mol. The molecular weight excluding hydrogens is 242 g/mol. The topological polar surface area (TPSA) is 43.1 Å². The second-order valence-electron chi connectivity index (χ2n) is 3.04. The van der Waals surface area contributed by atoms with Crippen LogP contribution < -0.4 is 5.73 Å². The van der Waals surface area contributed by atoms with Gasteiger partial charge in [-0.25, -0.2) is 0 Å². The summed E-state index contributed by atoms with van der Waals surface area (Å²) in [4.78, 5) is 11.0. The Morgan fingerprint density at radius 3 is 2.64 bits per heavy atom. The Kier molecular flexibility index (Phi) is 2.25. The van der Waals surface area contributed by atoms with E-state index in [9.17, 15) is 4.79 Å². The molecule has 1 amide bonds. The summed E-state index contributed by atoms with van der Waals surface area (Å²) in [6.45, 7) is 0. The lowest BCUT2D eigenvalue weighted by Crippen LogP contribution is -2.10. The second-order valence-corrected chi connectivity index (χ2v) is 3.90. The molecule has 14 heavy (non-hydrogen) atoms. The van der Waals surface area contributed by atoms with Crippen molar-refractivity contribution in [2.24, 2.45) is 5.73 Å². The SMILES string of the molecule is NC(=O)c1cc(Br)c2ccccc2c1. The zero-order valence-corrected chi connectivity index (χ0v) is 8.91. The first-order valence-corrected chi connectivity index (χ1v) is 4.96. The fourth-order valence-corrected chi connectivity index (χ4v) is 2.01. The number of rotatable bonds is 1. The van der Waals surface area contributed by atoms with Crippen molar-refractivity contribution in [3.8, 4) is 0 Å². The molecule has 0 spiro atoms. The summed E-state index contributed by atoms with van der Waals surface area (Å²) in [7, 11) is 0. The van der Waals surface area contributed by atoms with Crippen LogP contribution in [0.25, 0.3) is 10.8 Å². The van der Waals surface area contributed by atoms with E-state index < -0.39 is 5.91 Å². The predicted octanol–water partition coefficient (Wildman–Crippen LogP) is 2.70. The molecule has 3 heteroatoms. The van der Waals surface area contributed by atoms with E-state index in [0.717, 1.165) is 15.2 Å². The molecule has 0 saturated carbocycles. The summed E-state index contributed by atoms with van der Waals surface area (Å²) in [6, 6.07) is 11.4. The van der Waals surface area contributed by atoms with Gasteiger partial charge in [-0.15, -0.1) is 0 Å². The van der Waals surface area contributed by atoms with Crippen LogP contribution in [0.2, 0.25) is 0 Å². The van der Waals surface area contributed by atoms with Crippen LogP contribution in [-0.2, 0) is 0 Å². The third kappa shape index (κ3) is 1.51. The van der Waals surface area contributed by atoms with Crippen LogP contribution >= 0.6 is 15.9 Å². The fraction of sp³-hybridized carbons (Fsp3) is 0. The molecule has 0 aliphatic carbocycles. The Morgan fingerprint density at radius 1 is 1.21 bits per heavy atom. The zero-order valence-electron chi connectivity index (χ0n) is 7.33. The van der Waals surface area contributed by atoms with Crippen molar-refractivity contribution in [2.45, 2.75) is 0 Å². The number of hydrogen-bond donors (Lipinski definition) is 1. The molecule has 0 aliphatic rings. The van der Waals surface area contributed by atoms with E-state index in [0.29, 0.717) is 5.56 Å². The first-order chi connectivity index (χ1) is 6.68. The summed E-state index contributed by atoms with van der Waals surface area (Å²) < 4.78 is 0.893. The average molecular weight is 250 g/mol. The normalized spacial score (nSPS) is 10.4. The maximum absolute atomic E-state index is 11.0. The third-order valence-corrected chi connectivity index (χ3v) is 2.75.